The van der Waals surface area contributed by atoms with Gasteiger partial charge in [0.2, 0.25) is 0 Å². The van der Waals surface area contributed by atoms with Crippen molar-refractivity contribution >= 4 is 0 Å². The second-order valence-corrected chi connectivity index (χ2v) is 9.35. The molecule has 4 heteroatoms. The monoisotopic (exact) mass is 298 g/mol. The van der Waals surface area contributed by atoms with Gasteiger partial charge in [-0.15, -0.1) is 0 Å². The summed E-state index contributed by atoms with van der Waals surface area (Å²) in [6.45, 7) is 4.90. The van der Waals surface area contributed by atoms with E-state index in [1.54, 1.807) is 0 Å². The lowest BCUT2D eigenvalue weighted by Gasteiger charge is -2.49. The Morgan fingerprint density at radius 2 is 1.57 bits per heavy atom. The summed E-state index contributed by atoms with van der Waals surface area (Å²) in [6.07, 6.45) is 2.62. The van der Waals surface area contributed by atoms with E-state index in [1.807, 2.05) is 0 Å². The summed E-state index contributed by atoms with van der Waals surface area (Å²) in [7, 11) is 9.18. The third kappa shape index (κ3) is 3.00. The fraction of sp³-hybridized carbons (Fsp3) is 1.00. The van der Waals surface area contributed by atoms with Gasteiger partial charge in [-0.05, 0) is 18.8 Å². The molecule has 5 unspecified atom stereocenters. The van der Waals surface area contributed by atoms with Crippen molar-refractivity contribution in [2.75, 3.05) is 54.4 Å². The first-order valence-electron chi connectivity index (χ1n) is 8.69. The van der Waals surface area contributed by atoms with Crippen molar-refractivity contribution in [3.8, 4) is 0 Å². The van der Waals surface area contributed by atoms with Crippen LogP contribution in [0.1, 0.15) is 19.3 Å². The summed E-state index contributed by atoms with van der Waals surface area (Å²) in [5, 5.41) is 20.6. The molecule has 0 radical (unpaired) electrons. The highest BCUT2D eigenvalue weighted by molar-refractivity contribution is 5.03. The van der Waals surface area contributed by atoms with E-state index in [-0.39, 0.29) is 18.1 Å². The van der Waals surface area contributed by atoms with Crippen LogP contribution in [0.5, 0.6) is 0 Å². The van der Waals surface area contributed by atoms with E-state index >= 15 is 0 Å². The molecule has 4 rings (SSSR count). The maximum atomic E-state index is 10.3. The summed E-state index contributed by atoms with van der Waals surface area (Å²) in [4.78, 5) is 0. The average Bonchev–Trinajstić information content (AvgIpc) is 2.65. The predicted molar refractivity (Wildman–Crippen MR) is 83.5 cm³/mol. The number of likely N-dealkylation sites (tertiary alicyclic amines) is 1. The van der Waals surface area contributed by atoms with E-state index in [9.17, 15) is 10.2 Å². The van der Waals surface area contributed by atoms with E-state index < -0.39 is 0 Å². The van der Waals surface area contributed by atoms with E-state index in [0.29, 0.717) is 11.8 Å². The van der Waals surface area contributed by atoms with Crippen LogP contribution in [-0.2, 0) is 0 Å². The standard InChI is InChI=1S/C17H34N2O2/c1-18(2,3)6-5-7-19(4)10-13-12-8-15(20)17(14(13)11-19)16(21)9-12/h12-17,20-21H,5-11H2,1-4H3/q+2. The number of aliphatic hydroxyl groups excluding tert-OH is 2. The molecule has 0 amide bonds. The smallest absolute Gasteiger partial charge is 0.0839 e. The highest BCUT2D eigenvalue weighted by Crippen LogP contribution is 2.53. The summed E-state index contributed by atoms with van der Waals surface area (Å²) >= 11 is 0. The fourth-order valence-corrected chi connectivity index (χ4v) is 5.59. The highest BCUT2D eigenvalue weighted by Gasteiger charge is 2.59. The van der Waals surface area contributed by atoms with Crippen molar-refractivity contribution < 1.29 is 19.2 Å². The van der Waals surface area contributed by atoms with Crippen LogP contribution in [0, 0.1) is 23.7 Å². The van der Waals surface area contributed by atoms with Crippen LogP contribution in [0.15, 0.2) is 0 Å². The molecule has 0 aromatic heterocycles. The molecule has 3 aliphatic carbocycles. The highest BCUT2D eigenvalue weighted by atomic mass is 16.3. The lowest BCUT2D eigenvalue weighted by molar-refractivity contribution is -0.909. The van der Waals surface area contributed by atoms with Crippen LogP contribution < -0.4 is 0 Å². The van der Waals surface area contributed by atoms with Crippen LogP contribution in [-0.4, -0.2) is 85.8 Å². The molecule has 1 heterocycles. The van der Waals surface area contributed by atoms with Crippen LogP contribution in [0.4, 0.5) is 0 Å². The van der Waals surface area contributed by atoms with Crippen molar-refractivity contribution in [2.45, 2.75) is 31.5 Å². The summed E-state index contributed by atoms with van der Waals surface area (Å²) in [5.41, 5.74) is 0. The molecule has 4 fully saturated rings. The number of fused-ring (bicyclic) bond motifs is 2. The van der Waals surface area contributed by atoms with Crippen molar-refractivity contribution in [1.29, 1.82) is 0 Å². The lowest BCUT2D eigenvalue weighted by atomic mass is 9.57. The Kier molecular flexibility index (Phi) is 3.89. The van der Waals surface area contributed by atoms with Gasteiger partial charge in [-0.1, -0.05) is 0 Å². The first-order chi connectivity index (χ1) is 9.69. The summed E-state index contributed by atoms with van der Waals surface area (Å²) in [6, 6.07) is 0. The Hall–Kier alpha value is -0.160. The molecule has 0 spiro atoms. The van der Waals surface area contributed by atoms with Gasteiger partial charge in [0.1, 0.15) is 0 Å². The van der Waals surface area contributed by atoms with Crippen molar-refractivity contribution in [3.63, 3.8) is 0 Å². The van der Waals surface area contributed by atoms with Gasteiger partial charge in [0.15, 0.2) is 0 Å². The normalized spacial score (nSPS) is 49.4. The number of nitrogens with zero attached hydrogens (tertiary/aromatic N) is 2. The molecular weight excluding hydrogens is 264 g/mol. The zero-order chi connectivity index (χ0) is 15.4. The maximum Gasteiger partial charge on any atom is 0.0839 e. The van der Waals surface area contributed by atoms with Gasteiger partial charge in [0.05, 0.1) is 66.6 Å². The van der Waals surface area contributed by atoms with Gasteiger partial charge in [0.25, 0.3) is 0 Å². The van der Waals surface area contributed by atoms with Gasteiger partial charge in [-0.25, -0.2) is 0 Å². The molecule has 1 aliphatic heterocycles. The molecule has 0 aromatic rings. The van der Waals surface area contributed by atoms with E-state index in [2.05, 4.69) is 28.2 Å². The quantitative estimate of drug-likeness (QED) is 0.744. The average molecular weight is 298 g/mol. The number of hydrogen-bond acceptors (Lipinski definition) is 2. The molecule has 4 aliphatic rings. The predicted octanol–water partition coefficient (Wildman–Crippen LogP) is 0.537. The van der Waals surface area contributed by atoms with Gasteiger partial charge in [-0.2, -0.15) is 0 Å². The first kappa shape index (κ1) is 15.7. The minimum Gasteiger partial charge on any atom is -0.393 e. The third-order valence-corrected chi connectivity index (χ3v) is 6.46. The Morgan fingerprint density at radius 1 is 1.00 bits per heavy atom. The topological polar surface area (TPSA) is 40.5 Å². The minimum absolute atomic E-state index is 0.151. The molecule has 1 saturated heterocycles. The molecule has 0 aromatic carbocycles. The molecular formula is C17H34N2O2+2. The Balaban J connectivity index is 1.64. The maximum absolute atomic E-state index is 10.3. The van der Waals surface area contributed by atoms with Crippen LogP contribution >= 0.6 is 0 Å². The minimum atomic E-state index is -0.252. The van der Waals surface area contributed by atoms with Crippen molar-refractivity contribution in [1.82, 2.24) is 0 Å². The SMILES string of the molecule is C[N+](C)(C)CCC[N+]1(C)CC2C3CC(O)C(C(O)C3)C2C1. The lowest BCUT2D eigenvalue weighted by Crippen LogP contribution is -2.54. The van der Waals surface area contributed by atoms with Gasteiger partial charge < -0.3 is 19.2 Å². The zero-order valence-electron chi connectivity index (χ0n) is 14.2. The van der Waals surface area contributed by atoms with Gasteiger partial charge >= 0.3 is 0 Å². The second-order valence-electron chi connectivity index (χ2n) is 9.35. The van der Waals surface area contributed by atoms with Crippen molar-refractivity contribution in [3.05, 3.63) is 0 Å². The van der Waals surface area contributed by atoms with Gasteiger partial charge in [-0.3, -0.25) is 0 Å². The van der Waals surface area contributed by atoms with Crippen LogP contribution in [0.3, 0.4) is 0 Å². The third-order valence-electron chi connectivity index (χ3n) is 6.46. The molecule has 2 N–H and O–H groups in total. The summed E-state index contributed by atoms with van der Waals surface area (Å²) < 4.78 is 2.19. The number of hydrogen-bond donors (Lipinski definition) is 2. The van der Waals surface area contributed by atoms with E-state index in [1.165, 1.54) is 26.1 Å². The zero-order valence-corrected chi connectivity index (χ0v) is 14.2. The Labute approximate surface area is 129 Å². The Bertz CT molecular complexity index is 383. The summed E-state index contributed by atoms with van der Waals surface area (Å²) in [5.74, 6) is 2.01. The van der Waals surface area contributed by atoms with Crippen molar-refractivity contribution in [2.24, 2.45) is 23.7 Å². The molecule has 122 valence electrons. The van der Waals surface area contributed by atoms with E-state index in [0.717, 1.165) is 34.3 Å². The van der Waals surface area contributed by atoms with E-state index in [4.69, 9.17) is 0 Å². The first-order valence-corrected chi connectivity index (χ1v) is 8.69. The molecule has 2 bridgehead atoms. The second kappa shape index (κ2) is 5.19. The molecule has 21 heavy (non-hydrogen) atoms. The fourth-order valence-electron chi connectivity index (χ4n) is 5.59. The van der Waals surface area contributed by atoms with Crippen LogP contribution in [0.2, 0.25) is 0 Å². The number of quaternary nitrogens is 2. The number of aliphatic hydroxyl groups is 2. The van der Waals surface area contributed by atoms with Gasteiger partial charge in [0, 0.05) is 24.2 Å². The van der Waals surface area contributed by atoms with Crippen LogP contribution in [0.25, 0.3) is 0 Å². The Morgan fingerprint density at radius 3 is 2.14 bits per heavy atom. The molecule has 4 nitrogen and oxygen atoms in total. The molecule has 3 saturated carbocycles. The molecule has 5 atom stereocenters. The largest absolute Gasteiger partial charge is 0.393 e. The number of rotatable bonds is 4.